The smallest absolute Gasteiger partial charge is 0.140 e. The van der Waals surface area contributed by atoms with Crippen molar-refractivity contribution in [2.24, 2.45) is 0 Å². The molecule has 4 heteroatoms. The molecule has 100 valence electrons. The first-order chi connectivity index (χ1) is 8.79. The molecule has 0 unspecified atom stereocenters. The summed E-state index contributed by atoms with van der Waals surface area (Å²) in [5.41, 5.74) is 0.918. The van der Waals surface area contributed by atoms with E-state index in [1.165, 1.54) is 32.1 Å². The van der Waals surface area contributed by atoms with E-state index in [0.717, 1.165) is 12.2 Å². The first-order valence-electron chi connectivity index (χ1n) is 7.00. The summed E-state index contributed by atoms with van der Waals surface area (Å²) in [5, 5.41) is 7.55. The third-order valence-electron chi connectivity index (χ3n) is 3.64. The van der Waals surface area contributed by atoms with Gasteiger partial charge in [-0.05, 0) is 26.0 Å². The molecule has 2 rings (SSSR count). The van der Waals surface area contributed by atoms with Gasteiger partial charge in [0.1, 0.15) is 5.78 Å². The van der Waals surface area contributed by atoms with Crippen LogP contribution in [0.25, 0.3) is 0 Å². The number of carbonyl (C=O) groups is 1. The second kappa shape index (κ2) is 6.69. The molecule has 1 heterocycles. The molecule has 1 aromatic rings. The Kier molecular flexibility index (Phi) is 4.93. The lowest BCUT2D eigenvalue weighted by Crippen LogP contribution is -2.16. The molecule has 0 aliphatic heterocycles. The monoisotopic (exact) mass is 249 g/mol. The van der Waals surface area contributed by atoms with Gasteiger partial charge in [0.2, 0.25) is 0 Å². The third kappa shape index (κ3) is 3.67. The van der Waals surface area contributed by atoms with Crippen LogP contribution in [0.4, 0.5) is 0 Å². The second-order valence-corrected chi connectivity index (χ2v) is 5.15. The summed E-state index contributed by atoms with van der Waals surface area (Å²) in [4.78, 5) is 11.7. The molecule has 0 bridgehead atoms. The number of hydrogen-bond donors (Lipinski definition) is 1. The number of carbonyl (C=O) groups excluding carboxylic acids is 1. The van der Waals surface area contributed by atoms with Crippen molar-refractivity contribution in [2.75, 3.05) is 13.6 Å². The maximum atomic E-state index is 11.7. The Bertz CT molecular complexity index is 380. The summed E-state index contributed by atoms with van der Waals surface area (Å²) in [5.74, 6) is 0.262. The van der Waals surface area contributed by atoms with Gasteiger partial charge in [-0.15, -0.1) is 0 Å². The van der Waals surface area contributed by atoms with Gasteiger partial charge in [0, 0.05) is 19.2 Å². The number of nitrogens with zero attached hydrogens (tertiary/aromatic N) is 2. The van der Waals surface area contributed by atoms with Crippen LogP contribution in [0.15, 0.2) is 12.3 Å². The maximum absolute atomic E-state index is 11.7. The van der Waals surface area contributed by atoms with Gasteiger partial charge in [-0.3, -0.25) is 9.48 Å². The largest absolute Gasteiger partial charge is 0.319 e. The van der Waals surface area contributed by atoms with E-state index in [9.17, 15) is 4.79 Å². The Hall–Kier alpha value is -1.16. The fourth-order valence-corrected chi connectivity index (χ4v) is 2.58. The lowest BCUT2D eigenvalue weighted by Gasteiger charge is -2.21. The summed E-state index contributed by atoms with van der Waals surface area (Å²) in [6, 6.07) is 2.55. The highest BCUT2D eigenvalue weighted by Crippen LogP contribution is 2.27. The van der Waals surface area contributed by atoms with Crippen LogP contribution in [-0.2, 0) is 11.2 Å². The molecular formula is C14H23N3O. The summed E-state index contributed by atoms with van der Waals surface area (Å²) in [7, 11) is 1.87. The number of aromatic nitrogens is 2. The molecule has 1 N–H and O–H groups in total. The molecule has 4 nitrogen and oxygen atoms in total. The topological polar surface area (TPSA) is 46.9 Å². The normalized spacial score (nSPS) is 16.9. The number of hydrogen-bond acceptors (Lipinski definition) is 3. The predicted molar refractivity (Wildman–Crippen MR) is 71.6 cm³/mol. The minimum Gasteiger partial charge on any atom is -0.319 e. The Morgan fingerprint density at radius 3 is 2.94 bits per heavy atom. The quantitative estimate of drug-likeness (QED) is 0.840. The highest BCUT2D eigenvalue weighted by Gasteiger charge is 2.16. The Morgan fingerprint density at radius 2 is 2.22 bits per heavy atom. The lowest BCUT2D eigenvalue weighted by atomic mass is 9.96. The van der Waals surface area contributed by atoms with E-state index in [0.29, 0.717) is 18.9 Å². The van der Waals surface area contributed by atoms with Gasteiger partial charge in [-0.2, -0.15) is 5.10 Å². The van der Waals surface area contributed by atoms with Crippen molar-refractivity contribution in [3.63, 3.8) is 0 Å². The first kappa shape index (κ1) is 13.3. The van der Waals surface area contributed by atoms with Crippen LogP contribution < -0.4 is 5.32 Å². The number of ketones is 1. The fraction of sp³-hybridized carbons (Fsp3) is 0.714. The van der Waals surface area contributed by atoms with E-state index in [4.69, 9.17) is 0 Å². The molecule has 1 fully saturated rings. The standard InChI is InChI=1S/C14H23N3O/c1-15-9-7-14(18)11-12-8-10-17(16-12)13-5-3-2-4-6-13/h8,10,13,15H,2-7,9,11H2,1H3. The highest BCUT2D eigenvalue weighted by atomic mass is 16.1. The fourth-order valence-electron chi connectivity index (χ4n) is 2.58. The van der Waals surface area contributed by atoms with Crippen LogP contribution in [0.1, 0.15) is 50.3 Å². The minimum absolute atomic E-state index is 0.262. The first-order valence-corrected chi connectivity index (χ1v) is 7.00. The minimum atomic E-state index is 0.262. The van der Waals surface area contributed by atoms with Crippen LogP contribution in [-0.4, -0.2) is 29.2 Å². The van der Waals surface area contributed by atoms with Crippen molar-refractivity contribution in [1.29, 1.82) is 0 Å². The van der Waals surface area contributed by atoms with Crippen molar-refractivity contribution < 1.29 is 4.79 Å². The third-order valence-corrected chi connectivity index (χ3v) is 3.64. The molecule has 1 aromatic heterocycles. The van der Waals surface area contributed by atoms with Gasteiger partial charge in [-0.1, -0.05) is 19.3 Å². The zero-order valence-corrected chi connectivity index (χ0v) is 11.2. The van der Waals surface area contributed by atoms with Gasteiger partial charge in [0.15, 0.2) is 0 Å². The number of rotatable bonds is 6. The van der Waals surface area contributed by atoms with E-state index in [1.54, 1.807) is 0 Å². The summed E-state index contributed by atoms with van der Waals surface area (Å²) >= 11 is 0. The Labute approximate surface area is 109 Å². The molecule has 0 aromatic carbocycles. The zero-order chi connectivity index (χ0) is 12.8. The second-order valence-electron chi connectivity index (χ2n) is 5.15. The predicted octanol–water partition coefficient (Wildman–Crippen LogP) is 2.11. The average molecular weight is 249 g/mol. The summed E-state index contributed by atoms with van der Waals surface area (Å²) < 4.78 is 2.07. The molecule has 1 saturated carbocycles. The van der Waals surface area contributed by atoms with Gasteiger partial charge < -0.3 is 5.32 Å². The molecule has 0 saturated heterocycles. The van der Waals surface area contributed by atoms with Crippen LogP contribution in [0.5, 0.6) is 0 Å². The molecule has 0 amide bonds. The highest BCUT2D eigenvalue weighted by molar-refractivity contribution is 5.80. The van der Waals surface area contributed by atoms with Gasteiger partial charge in [0.25, 0.3) is 0 Å². The summed E-state index contributed by atoms with van der Waals surface area (Å²) in [6.45, 7) is 0.752. The lowest BCUT2D eigenvalue weighted by molar-refractivity contribution is -0.118. The van der Waals surface area contributed by atoms with Crippen LogP contribution >= 0.6 is 0 Å². The van der Waals surface area contributed by atoms with E-state index in [2.05, 4.69) is 15.1 Å². The molecule has 18 heavy (non-hydrogen) atoms. The van der Waals surface area contributed by atoms with Crippen LogP contribution in [0, 0.1) is 0 Å². The van der Waals surface area contributed by atoms with Gasteiger partial charge in [-0.25, -0.2) is 0 Å². The van der Waals surface area contributed by atoms with E-state index >= 15 is 0 Å². The molecule has 0 spiro atoms. The average Bonchev–Trinajstić information content (AvgIpc) is 2.86. The van der Waals surface area contributed by atoms with Crippen molar-refractivity contribution in [1.82, 2.24) is 15.1 Å². The SMILES string of the molecule is CNCCC(=O)Cc1ccn(C2CCCCC2)n1. The Balaban J connectivity index is 1.87. The zero-order valence-electron chi connectivity index (χ0n) is 11.2. The Morgan fingerprint density at radius 1 is 1.44 bits per heavy atom. The molecule has 0 radical (unpaired) electrons. The molecule has 1 aliphatic rings. The van der Waals surface area contributed by atoms with Gasteiger partial charge in [0.05, 0.1) is 18.2 Å². The summed E-state index contributed by atoms with van der Waals surface area (Å²) in [6.07, 6.45) is 9.53. The number of Topliss-reactive ketones (excluding diaryl/α,β-unsaturated/α-hetero) is 1. The van der Waals surface area contributed by atoms with E-state index in [1.807, 2.05) is 19.3 Å². The number of nitrogens with one attached hydrogen (secondary N) is 1. The van der Waals surface area contributed by atoms with Crippen molar-refractivity contribution >= 4 is 5.78 Å². The van der Waals surface area contributed by atoms with Crippen LogP contribution in [0.3, 0.4) is 0 Å². The van der Waals surface area contributed by atoms with Crippen molar-refractivity contribution in [3.8, 4) is 0 Å². The van der Waals surface area contributed by atoms with E-state index < -0.39 is 0 Å². The maximum Gasteiger partial charge on any atom is 0.140 e. The van der Waals surface area contributed by atoms with Crippen molar-refractivity contribution in [2.45, 2.75) is 51.0 Å². The molecule has 0 atom stereocenters. The molecule has 1 aliphatic carbocycles. The van der Waals surface area contributed by atoms with Crippen molar-refractivity contribution in [3.05, 3.63) is 18.0 Å². The van der Waals surface area contributed by atoms with Crippen LogP contribution in [0.2, 0.25) is 0 Å². The molecular weight excluding hydrogens is 226 g/mol. The van der Waals surface area contributed by atoms with E-state index in [-0.39, 0.29) is 5.78 Å². The van der Waals surface area contributed by atoms with Gasteiger partial charge >= 0.3 is 0 Å².